The summed E-state index contributed by atoms with van der Waals surface area (Å²) in [6.07, 6.45) is 1.64. The van der Waals surface area contributed by atoms with Gasteiger partial charge in [0.25, 0.3) is 0 Å². The number of rotatable bonds is 13. The standard InChI is InChI=1S/C21H40O5Si2/c1-17(2)19(22)24-13-11-15-27(7,8)21(5,6)26-28(9,10)16-12-14-25-20(23)18(3)4/h1,3,11-16H2,2,4-10H3. The lowest BCUT2D eigenvalue weighted by Gasteiger charge is -2.45. The minimum absolute atomic E-state index is 0.185. The molecule has 0 aromatic heterocycles. The van der Waals surface area contributed by atoms with Gasteiger partial charge in [-0.2, -0.15) is 0 Å². The lowest BCUT2D eigenvalue weighted by atomic mass is 10.4. The summed E-state index contributed by atoms with van der Waals surface area (Å²) in [6, 6.07) is 1.95. The molecular formula is C21H40O5Si2. The Labute approximate surface area is 173 Å². The highest BCUT2D eigenvalue weighted by molar-refractivity contribution is 6.81. The maximum Gasteiger partial charge on any atom is 0.333 e. The summed E-state index contributed by atoms with van der Waals surface area (Å²) in [5, 5.41) is -0.185. The molecule has 0 aromatic carbocycles. The lowest BCUT2D eigenvalue weighted by molar-refractivity contribution is -0.139. The van der Waals surface area contributed by atoms with Gasteiger partial charge in [-0.05, 0) is 59.7 Å². The first-order valence-electron chi connectivity index (χ1n) is 9.97. The highest BCUT2D eigenvalue weighted by atomic mass is 28.4. The van der Waals surface area contributed by atoms with Gasteiger partial charge in [0.15, 0.2) is 8.32 Å². The molecule has 0 spiro atoms. The Morgan fingerprint density at radius 1 is 0.821 bits per heavy atom. The van der Waals surface area contributed by atoms with Gasteiger partial charge in [0.05, 0.1) is 21.3 Å². The van der Waals surface area contributed by atoms with Gasteiger partial charge in [-0.25, -0.2) is 9.59 Å². The molecule has 0 saturated carbocycles. The van der Waals surface area contributed by atoms with Crippen molar-refractivity contribution in [2.24, 2.45) is 0 Å². The first kappa shape index (κ1) is 26.8. The van der Waals surface area contributed by atoms with Crippen molar-refractivity contribution in [1.29, 1.82) is 0 Å². The van der Waals surface area contributed by atoms with E-state index in [-0.39, 0.29) is 17.2 Å². The van der Waals surface area contributed by atoms with Crippen LogP contribution in [0.5, 0.6) is 0 Å². The van der Waals surface area contributed by atoms with E-state index in [1.54, 1.807) is 13.8 Å². The minimum Gasteiger partial charge on any atom is -0.462 e. The molecule has 0 unspecified atom stereocenters. The van der Waals surface area contributed by atoms with Crippen molar-refractivity contribution >= 4 is 28.3 Å². The number of ether oxygens (including phenoxy) is 2. The van der Waals surface area contributed by atoms with Gasteiger partial charge in [-0.3, -0.25) is 0 Å². The molecule has 0 aliphatic rings. The van der Waals surface area contributed by atoms with E-state index in [0.29, 0.717) is 24.4 Å². The lowest BCUT2D eigenvalue weighted by Crippen LogP contribution is -2.56. The predicted molar refractivity (Wildman–Crippen MR) is 121 cm³/mol. The first-order valence-corrected chi connectivity index (χ1v) is 16.3. The maximum absolute atomic E-state index is 11.5. The summed E-state index contributed by atoms with van der Waals surface area (Å²) in [4.78, 5) is 23.0. The second-order valence-corrected chi connectivity index (χ2v) is 19.0. The van der Waals surface area contributed by atoms with Gasteiger partial charge < -0.3 is 13.9 Å². The second-order valence-electron chi connectivity index (χ2n) is 9.30. The number of carbonyl (C=O) groups excluding carboxylic acids is 2. The van der Waals surface area contributed by atoms with Crippen LogP contribution in [0, 0.1) is 0 Å². The summed E-state index contributed by atoms with van der Waals surface area (Å²) in [6.45, 7) is 24.8. The van der Waals surface area contributed by atoms with E-state index < -0.39 is 16.4 Å². The molecule has 0 amide bonds. The van der Waals surface area contributed by atoms with Gasteiger partial charge in [0.2, 0.25) is 0 Å². The first-order chi connectivity index (χ1) is 12.6. The van der Waals surface area contributed by atoms with Crippen molar-refractivity contribution in [2.75, 3.05) is 13.2 Å². The fourth-order valence-corrected chi connectivity index (χ4v) is 8.81. The maximum atomic E-state index is 11.5. The average molecular weight is 429 g/mol. The molecule has 0 rings (SSSR count). The molecule has 0 aliphatic carbocycles. The van der Waals surface area contributed by atoms with Crippen LogP contribution in [0.2, 0.25) is 38.3 Å². The molecule has 7 heteroatoms. The molecule has 0 bridgehead atoms. The molecule has 0 heterocycles. The van der Waals surface area contributed by atoms with Crippen LogP contribution in [0.1, 0.15) is 40.5 Å². The molecule has 0 saturated heterocycles. The van der Waals surface area contributed by atoms with Crippen LogP contribution in [-0.4, -0.2) is 46.8 Å². The molecule has 0 aromatic rings. The van der Waals surface area contributed by atoms with E-state index in [2.05, 4.69) is 53.2 Å². The number of hydrogen-bond acceptors (Lipinski definition) is 5. The molecule has 5 nitrogen and oxygen atoms in total. The van der Waals surface area contributed by atoms with Gasteiger partial charge in [-0.15, -0.1) is 0 Å². The van der Waals surface area contributed by atoms with E-state index in [1.165, 1.54) is 0 Å². The smallest absolute Gasteiger partial charge is 0.333 e. The van der Waals surface area contributed by atoms with E-state index in [0.717, 1.165) is 24.9 Å². The van der Waals surface area contributed by atoms with Gasteiger partial charge in [0, 0.05) is 16.4 Å². The van der Waals surface area contributed by atoms with Crippen LogP contribution in [0.3, 0.4) is 0 Å². The van der Waals surface area contributed by atoms with Crippen molar-refractivity contribution in [1.82, 2.24) is 0 Å². The third-order valence-electron chi connectivity index (χ3n) is 5.19. The Morgan fingerprint density at radius 2 is 1.21 bits per heavy atom. The Kier molecular flexibility index (Phi) is 10.6. The number of carbonyl (C=O) groups is 2. The van der Waals surface area contributed by atoms with Crippen molar-refractivity contribution in [3.05, 3.63) is 24.3 Å². The number of hydrogen-bond donors (Lipinski definition) is 0. The number of esters is 2. The van der Waals surface area contributed by atoms with Crippen LogP contribution < -0.4 is 0 Å². The van der Waals surface area contributed by atoms with Gasteiger partial charge in [0.1, 0.15) is 0 Å². The Balaban J connectivity index is 4.53. The predicted octanol–water partition coefficient (Wildman–Crippen LogP) is 5.25. The van der Waals surface area contributed by atoms with Crippen LogP contribution in [0.25, 0.3) is 0 Å². The molecule has 162 valence electrons. The fraction of sp³-hybridized carbons (Fsp3) is 0.714. The normalized spacial score (nSPS) is 12.4. The summed E-state index contributed by atoms with van der Waals surface area (Å²) in [5.74, 6) is -0.655. The summed E-state index contributed by atoms with van der Waals surface area (Å²) < 4.78 is 17.1. The summed E-state index contributed by atoms with van der Waals surface area (Å²) in [7, 11) is -3.62. The molecule has 0 atom stereocenters. The topological polar surface area (TPSA) is 61.8 Å². The van der Waals surface area contributed by atoms with E-state index in [9.17, 15) is 9.59 Å². The highest BCUT2D eigenvalue weighted by Crippen LogP contribution is 2.33. The van der Waals surface area contributed by atoms with Crippen LogP contribution in [-0.2, 0) is 23.5 Å². The quantitative estimate of drug-likeness (QED) is 0.173. The Bertz CT molecular complexity index is 579. The van der Waals surface area contributed by atoms with Crippen molar-refractivity contribution in [2.45, 2.75) is 84.0 Å². The largest absolute Gasteiger partial charge is 0.462 e. The SMILES string of the molecule is C=C(C)C(=O)OCCC[Si](C)(C)OC(C)(C)[Si](C)(C)CCCOC(=O)C(=C)C. The van der Waals surface area contributed by atoms with Crippen LogP contribution in [0.4, 0.5) is 0 Å². The van der Waals surface area contributed by atoms with Crippen LogP contribution >= 0.6 is 0 Å². The Hall–Kier alpha value is -1.19. The van der Waals surface area contributed by atoms with E-state index >= 15 is 0 Å². The van der Waals surface area contributed by atoms with Crippen molar-refractivity contribution in [3.8, 4) is 0 Å². The molecule has 28 heavy (non-hydrogen) atoms. The third kappa shape index (κ3) is 9.84. The minimum atomic E-state index is -1.90. The molecule has 0 fully saturated rings. The van der Waals surface area contributed by atoms with Crippen LogP contribution in [0.15, 0.2) is 24.3 Å². The molecule has 0 aliphatic heterocycles. The summed E-state index contributed by atoms with van der Waals surface area (Å²) in [5.41, 5.74) is 0.859. The highest BCUT2D eigenvalue weighted by Gasteiger charge is 2.43. The fourth-order valence-electron chi connectivity index (χ4n) is 2.77. The van der Waals surface area contributed by atoms with Crippen molar-refractivity contribution in [3.63, 3.8) is 0 Å². The van der Waals surface area contributed by atoms with Gasteiger partial charge >= 0.3 is 11.9 Å². The third-order valence-corrected chi connectivity index (χ3v) is 13.0. The van der Waals surface area contributed by atoms with Crippen molar-refractivity contribution < 1.29 is 23.5 Å². The zero-order valence-corrected chi connectivity index (χ0v) is 21.2. The Morgan fingerprint density at radius 3 is 1.61 bits per heavy atom. The molecule has 0 radical (unpaired) electrons. The van der Waals surface area contributed by atoms with E-state index in [1.807, 2.05) is 0 Å². The molecular weight excluding hydrogens is 388 g/mol. The zero-order chi connectivity index (χ0) is 22.2. The monoisotopic (exact) mass is 428 g/mol. The summed E-state index contributed by atoms with van der Waals surface area (Å²) >= 11 is 0. The zero-order valence-electron chi connectivity index (χ0n) is 19.2. The average Bonchev–Trinajstić information content (AvgIpc) is 2.53. The van der Waals surface area contributed by atoms with Gasteiger partial charge in [-0.1, -0.05) is 32.3 Å². The molecule has 0 N–H and O–H groups in total. The second kappa shape index (κ2) is 11.1. The van der Waals surface area contributed by atoms with E-state index in [4.69, 9.17) is 13.9 Å².